The fourth-order valence-electron chi connectivity index (χ4n) is 6.50. The van der Waals surface area contributed by atoms with Crippen LogP contribution in [0.25, 0.3) is 0 Å². The molecule has 1 aromatic rings. The number of aliphatic hydroxyl groups excluding tert-OH is 1. The zero-order valence-corrected chi connectivity index (χ0v) is 31.3. The van der Waals surface area contributed by atoms with Crippen LogP contribution in [0.15, 0.2) is 18.2 Å². The van der Waals surface area contributed by atoms with Gasteiger partial charge in [-0.2, -0.15) is 0 Å². The van der Waals surface area contributed by atoms with Crippen molar-refractivity contribution in [3.8, 4) is 11.5 Å². The van der Waals surface area contributed by atoms with E-state index in [9.17, 15) is 4.79 Å². The van der Waals surface area contributed by atoms with Gasteiger partial charge < -0.3 is 24.2 Å². The maximum atomic E-state index is 12.6. The van der Waals surface area contributed by atoms with Crippen LogP contribution in [0.2, 0.25) is 0 Å². The van der Waals surface area contributed by atoms with Crippen LogP contribution >= 0.6 is 0 Å². The smallest absolute Gasteiger partial charge is 0.306 e. The predicted molar refractivity (Wildman–Crippen MR) is 200 cm³/mol. The van der Waals surface area contributed by atoms with E-state index < -0.39 is 0 Å². The largest absolute Gasteiger partial charge is 0.493 e. The minimum atomic E-state index is -0.154. The summed E-state index contributed by atoms with van der Waals surface area (Å²) >= 11 is 0. The topological polar surface area (TPSA) is 71.5 Å². The molecule has 1 aliphatic heterocycles. The van der Waals surface area contributed by atoms with E-state index in [1.165, 1.54) is 116 Å². The van der Waals surface area contributed by atoms with E-state index in [2.05, 4.69) is 23.6 Å². The molecule has 48 heavy (non-hydrogen) atoms. The number of β-amino-alcohol motifs (C(OH)–C–C–N with tert-alkyl or cyclic N) is 1. The maximum absolute atomic E-state index is 12.6. The summed E-state index contributed by atoms with van der Waals surface area (Å²) in [5.41, 5.74) is 0.918. The van der Waals surface area contributed by atoms with Gasteiger partial charge in [0, 0.05) is 45.2 Å². The molecule has 1 aromatic carbocycles. The Kier molecular flexibility index (Phi) is 26.5. The van der Waals surface area contributed by atoms with Crippen molar-refractivity contribution in [1.82, 2.24) is 9.80 Å². The Bertz CT molecular complexity index is 890. The fraction of sp³-hybridized carbons (Fsp3) is 0.829. The van der Waals surface area contributed by atoms with Crippen molar-refractivity contribution in [3.63, 3.8) is 0 Å². The lowest BCUT2D eigenvalue weighted by molar-refractivity contribution is -0.145. The van der Waals surface area contributed by atoms with Gasteiger partial charge in [0.15, 0.2) is 0 Å². The molecule has 0 unspecified atom stereocenters. The summed E-state index contributed by atoms with van der Waals surface area (Å²) in [5, 5.41) is 9.14. The quantitative estimate of drug-likeness (QED) is 0.0603. The average molecular weight is 675 g/mol. The molecule has 1 fully saturated rings. The van der Waals surface area contributed by atoms with Crippen LogP contribution in [0.1, 0.15) is 161 Å². The van der Waals surface area contributed by atoms with Gasteiger partial charge in [0.1, 0.15) is 18.1 Å². The number of carbonyl (C=O) groups excluding carboxylic acids is 1. The molecule has 1 N–H and O–H groups in total. The lowest BCUT2D eigenvalue weighted by Gasteiger charge is -2.34. The van der Waals surface area contributed by atoms with E-state index >= 15 is 0 Å². The molecule has 0 amide bonds. The molecular formula is C41H74N2O5. The summed E-state index contributed by atoms with van der Waals surface area (Å²) < 4.78 is 18.1. The number of nitrogens with zero attached hydrogens (tertiary/aromatic N) is 2. The molecule has 0 aliphatic carbocycles. The monoisotopic (exact) mass is 675 g/mol. The van der Waals surface area contributed by atoms with Crippen LogP contribution in [-0.2, 0) is 16.1 Å². The van der Waals surface area contributed by atoms with Crippen LogP contribution in [0, 0.1) is 0 Å². The van der Waals surface area contributed by atoms with Crippen molar-refractivity contribution < 1.29 is 24.1 Å². The second kappa shape index (κ2) is 30.0. The van der Waals surface area contributed by atoms with Crippen molar-refractivity contribution in [1.29, 1.82) is 0 Å². The fourth-order valence-corrected chi connectivity index (χ4v) is 6.50. The number of rotatable bonds is 32. The molecule has 0 bridgehead atoms. The molecule has 278 valence electrons. The number of hydrogen-bond acceptors (Lipinski definition) is 7. The van der Waals surface area contributed by atoms with E-state index in [4.69, 9.17) is 19.3 Å². The highest BCUT2D eigenvalue weighted by Crippen LogP contribution is 2.25. The van der Waals surface area contributed by atoms with Crippen molar-refractivity contribution in [2.75, 3.05) is 59.1 Å². The number of piperazine rings is 1. The van der Waals surface area contributed by atoms with Gasteiger partial charge in [-0.15, -0.1) is 0 Å². The van der Waals surface area contributed by atoms with E-state index in [0.29, 0.717) is 19.6 Å². The molecule has 0 aromatic heterocycles. The lowest BCUT2D eigenvalue weighted by Crippen LogP contribution is -2.47. The second-order valence-corrected chi connectivity index (χ2v) is 14.0. The number of aliphatic hydroxyl groups is 1. The zero-order valence-electron chi connectivity index (χ0n) is 31.3. The van der Waals surface area contributed by atoms with Crippen molar-refractivity contribution >= 4 is 5.97 Å². The molecule has 0 saturated carbocycles. The normalized spacial score (nSPS) is 14.0. The molecular weight excluding hydrogens is 600 g/mol. The first-order valence-electron chi connectivity index (χ1n) is 20.2. The zero-order chi connectivity index (χ0) is 34.3. The number of ether oxygens (including phenoxy) is 3. The number of unbranched alkanes of at least 4 members (excludes halogenated alkanes) is 18. The van der Waals surface area contributed by atoms with E-state index in [1.807, 2.05) is 18.2 Å². The lowest BCUT2D eigenvalue weighted by atomic mass is 10.1. The Balaban J connectivity index is 1.71. The Morgan fingerprint density at radius 2 is 1.00 bits per heavy atom. The summed E-state index contributed by atoms with van der Waals surface area (Å²) in [6, 6.07) is 6.00. The highest BCUT2D eigenvalue weighted by molar-refractivity contribution is 5.69. The molecule has 1 saturated heterocycles. The Morgan fingerprint density at radius 3 is 1.44 bits per heavy atom. The van der Waals surface area contributed by atoms with Gasteiger partial charge in [0.05, 0.1) is 19.8 Å². The highest BCUT2D eigenvalue weighted by atomic mass is 16.5. The molecule has 2 rings (SSSR count). The molecule has 7 nitrogen and oxygen atoms in total. The van der Waals surface area contributed by atoms with Crippen LogP contribution in [0.3, 0.4) is 0 Å². The van der Waals surface area contributed by atoms with Crippen molar-refractivity contribution in [3.05, 3.63) is 23.8 Å². The number of benzene rings is 1. The highest BCUT2D eigenvalue weighted by Gasteiger charge is 2.16. The molecule has 1 heterocycles. The SMILES string of the molecule is CCCCCCCCCCCCCOc1cc(COC(=O)CCCN2CCN(CCO)CC2)cc(OCCCCCCCCCCC)c1. The van der Waals surface area contributed by atoms with Gasteiger partial charge in [0.25, 0.3) is 0 Å². The Morgan fingerprint density at radius 1 is 0.583 bits per heavy atom. The minimum Gasteiger partial charge on any atom is -0.493 e. The number of esters is 1. The molecule has 1 aliphatic rings. The van der Waals surface area contributed by atoms with Gasteiger partial charge in [-0.05, 0) is 43.5 Å². The third-order valence-electron chi connectivity index (χ3n) is 9.61. The molecule has 0 spiro atoms. The number of carbonyl (C=O) groups is 1. The first-order chi connectivity index (χ1) is 23.6. The summed E-state index contributed by atoms with van der Waals surface area (Å²) in [6.07, 6.45) is 27.3. The predicted octanol–water partition coefficient (Wildman–Crippen LogP) is 9.72. The van der Waals surface area contributed by atoms with Gasteiger partial charge in [-0.25, -0.2) is 0 Å². The van der Waals surface area contributed by atoms with E-state index in [-0.39, 0.29) is 19.2 Å². The van der Waals surface area contributed by atoms with Crippen LogP contribution in [0.4, 0.5) is 0 Å². The van der Waals surface area contributed by atoms with Crippen LogP contribution < -0.4 is 9.47 Å². The second-order valence-electron chi connectivity index (χ2n) is 14.0. The van der Waals surface area contributed by atoms with E-state index in [1.54, 1.807) is 0 Å². The molecule has 7 heteroatoms. The van der Waals surface area contributed by atoms with Crippen LogP contribution in [-0.4, -0.2) is 80.0 Å². The van der Waals surface area contributed by atoms with Gasteiger partial charge >= 0.3 is 5.97 Å². The van der Waals surface area contributed by atoms with Crippen molar-refractivity contribution in [2.45, 2.75) is 162 Å². The third kappa shape index (κ3) is 22.7. The Hall–Kier alpha value is -1.83. The third-order valence-corrected chi connectivity index (χ3v) is 9.61. The Labute approximate surface area is 295 Å². The molecule has 0 atom stereocenters. The summed E-state index contributed by atoms with van der Waals surface area (Å²) in [6.45, 7) is 12.0. The summed E-state index contributed by atoms with van der Waals surface area (Å²) in [5.74, 6) is 1.45. The minimum absolute atomic E-state index is 0.154. The maximum Gasteiger partial charge on any atom is 0.306 e. The van der Waals surface area contributed by atoms with Gasteiger partial charge in [-0.3, -0.25) is 9.69 Å². The first-order valence-corrected chi connectivity index (χ1v) is 20.2. The standard InChI is InChI=1S/C41H74N2O5/c1-3-5-7-9-11-13-14-16-18-20-22-33-47-40-35-38(34-39(36-40)46-32-21-19-17-15-12-10-8-6-4-2)37-48-41(45)24-23-25-42-26-28-43(29-27-42)30-31-44/h34-36,44H,3-33,37H2,1-2H3. The van der Waals surface area contributed by atoms with Gasteiger partial charge in [-0.1, -0.05) is 129 Å². The van der Waals surface area contributed by atoms with Gasteiger partial charge in [0.2, 0.25) is 0 Å². The van der Waals surface area contributed by atoms with E-state index in [0.717, 1.165) is 75.6 Å². The summed E-state index contributed by atoms with van der Waals surface area (Å²) in [7, 11) is 0. The molecule has 0 radical (unpaired) electrons. The van der Waals surface area contributed by atoms with Crippen LogP contribution in [0.5, 0.6) is 11.5 Å². The summed E-state index contributed by atoms with van der Waals surface area (Å²) in [4.78, 5) is 17.3. The van der Waals surface area contributed by atoms with Crippen molar-refractivity contribution in [2.24, 2.45) is 0 Å². The number of hydrogen-bond donors (Lipinski definition) is 1. The average Bonchev–Trinajstić information content (AvgIpc) is 3.09. The first kappa shape index (κ1) is 42.3.